The molecule has 6 rings (SSSR count). The van der Waals surface area contributed by atoms with Crippen LogP contribution in [0.15, 0.2) is 30.7 Å². The van der Waals surface area contributed by atoms with Crippen molar-refractivity contribution < 1.29 is 18.7 Å². The van der Waals surface area contributed by atoms with E-state index in [2.05, 4.69) is 19.8 Å². The van der Waals surface area contributed by atoms with Gasteiger partial charge in [0.05, 0.1) is 18.9 Å². The number of amides is 1. The summed E-state index contributed by atoms with van der Waals surface area (Å²) in [4.78, 5) is 28.2. The minimum atomic E-state index is -0.573. The van der Waals surface area contributed by atoms with Crippen molar-refractivity contribution in [2.24, 2.45) is 11.1 Å². The van der Waals surface area contributed by atoms with E-state index in [1.54, 1.807) is 12.3 Å². The maximum absolute atomic E-state index is 15.1. The van der Waals surface area contributed by atoms with Crippen molar-refractivity contribution in [1.82, 2.24) is 19.8 Å². The van der Waals surface area contributed by atoms with Crippen LogP contribution in [0, 0.1) is 11.2 Å². The molecule has 1 saturated carbocycles. The molecule has 2 atom stereocenters. The summed E-state index contributed by atoms with van der Waals surface area (Å²) < 4.78 is 27.1. The molecule has 3 saturated heterocycles. The molecule has 2 N–H and O–H groups in total. The molecule has 1 aromatic carbocycles. The van der Waals surface area contributed by atoms with Crippen LogP contribution in [-0.4, -0.2) is 89.2 Å². The molecule has 3 aliphatic heterocycles. The fourth-order valence-corrected chi connectivity index (χ4v) is 6.48. The number of rotatable bonds is 8. The molecule has 11 heteroatoms. The van der Waals surface area contributed by atoms with Crippen molar-refractivity contribution >= 4 is 24.1 Å². The van der Waals surface area contributed by atoms with Crippen molar-refractivity contribution in [2.45, 2.75) is 76.6 Å². The Kier molecular flexibility index (Phi) is 9.04. The van der Waals surface area contributed by atoms with Crippen LogP contribution in [0.1, 0.15) is 62.7 Å². The van der Waals surface area contributed by atoms with E-state index in [9.17, 15) is 4.79 Å². The van der Waals surface area contributed by atoms with Crippen LogP contribution in [0.3, 0.4) is 0 Å². The number of benzene rings is 1. The number of carbonyl (C=O) groups is 1. The van der Waals surface area contributed by atoms with Crippen LogP contribution in [0.2, 0.25) is 0 Å². The smallest absolute Gasteiger partial charge is 0.254 e. The standard InChI is InChI=1S/C30H41FN6O3.ClH/c1-20(2)37(23-5-6-23)29(38)21-3-8-26(25(31)13-21)40-27-14-33-19-34-28(27)36-17-30(18-36)9-11-35(12-10-30)15-24-7-4-22(32)16-39-24;/h3,8,13-14,19-20,22-24H,4-7,9-12,15-18,32H2,1-2H3;1H/t22-,24+;/m1./s1. The lowest BCUT2D eigenvalue weighted by Crippen LogP contribution is -2.61. The Labute approximate surface area is 248 Å². The van der Waals surface area contributed by atoms with E-state index >= 15 is 4.39 Å². The Balaban J connectivity index is 0.00000337. The van der Waals surface area contributed by atoms with E-state index in [4.69, 9.17) is 15.2 Å². The molecular weight excluding hydrogens is 547 g/mol. The predicted molar refractivity (Wildman–Crippen MR) is 157 cm³/mol. The van der Waals surface area contributed by atoms with Crippen LogP contribution in [0.25, 0.3) is 0 Å². The summed E-state index contributed by atoms with van der Waals surface area (Å²) in [7, 11) is 0. The summed E-state index contributed by atoms with van der Waals surface area (Å²) in [5.41, 5.74) is 6.57. The largest absolute Gasteiger partial charge is 0.449 e. The first kappa shape index (κ1) is 29.9. The third-order valence-corrected chi connectivity index (χ3v) is 8.92. The molecule has 41 heavy (non-hydrogen) atoms. The number of hydrogen-bond donors (Lipinski definition) is 1. The van der Waals surface area contributed by atoms with Gasteiger partial charge in [-0.05, 0) is 83.7 Å². The lowest BCUT2D eigenvalue weighted by molar-refractivity contribution is -0.0277. The zero-order valence-corrected chi connectivity index (χ0v) is 24.8. The summed E-state index contributed by atoms with van der Waals surface area (Å²) in [6, 6.07) is 4.96. The zero-order chi connectivity index (χ0) is 27.9. The van der Waals surface area contributed by atoms with Gasteiger partial charge in [0.2, 0.25) is 0 Å². The minimum absolute atomic E-state index is 0. The first-order chi connectivity index (χ1) is 19.3. The number of anilines is 1. The van der Waals surface area contributed by atoms with Gasteiger partial charge in [0, 0.05) is 48.7 Å². The topological polar surface area (TPSA) is 97.1 Å². The van der Waals surface area contributed by atoms with Crippen LogP contribution in [0.4, 0.5) is 10.2 Å². The highest BCUT2D eigenvalue weighted by atomic mass is 35.5. The van der Waals surface area contributed by atoms with Gasteiger partial charge in [0.25, 0.3) is 5.91 Å². The van der Waals surface area contributed by atoms with Crippen LogP contribution >= 0.6 is 12.4 Å². The molecule has 1 aromatic heterocycles. The monoisotopic (exact) mass is 588 g/mol. The summed E-state index contributed by atoms with van der Waals surface area (Å²) in [5, 5.41) is 0. The highest BCUT2D eigenvalue weighted by Gasteiger charge is 2.46. The maximum atomic E-state index is 15.1. The molecule has 9 nitrogen and oxygen atoms in total. The number of piperidine rings is 1. The number of aromatic nitrogens is 2. The highest BCUT2D eigenvalue weighted by molar-refractivity contribution is 5.95. The second kappa shape index (κ2) is 12.4. The van der Waals surface area contributed by atoms with E-state index in [1.807, 2.05) is 18.7 Å². The average molecular weight is 589 g/mol. The summed E-state index contributed by atoms with van der Waals surface area (Å²) in [5.74, 6) is 0.441. The van der Waals surface area contributed by atoms with Crippen molar-refractivity contribution in [3.63, 3.8) is 0 Å². The second-order valence-electron chi connectivity index (χ2n) is 12.4. The van der Waals surface area contributed by atoms with Crippen LogP contribution in [-0.2, 0) is 4.74 Å². The molecule has 0 radical (unpaired) electrons. The molecule has 1 spiro atoms. The van der Waals surface area contributed by atoms with E-state index in [0.717, 1.165) is 71.2 Å². The minimum Gasteiger partial charge on any atom is -0.449 e. The Morgan fingerprint density at radius 2 is 1.95 bits per heavy atom. The van der Waals surface area contributed by atoms with Crippen molar-refractivity contribution in [3.05, 3.63) is 42.1 Å². The zero-order valence-electron chi connectivity index (χ0n) is 24.0. The van der Waals surface area contributed by atoms with Crippen molar-refractivity contribution in [1.29, 1.82) is 0 Å². The average Bonchev–Trinajstić information content (AvgIpc) is 3.76. The van der Waals surface area contributed by atoms with Gasteiger partial charge in [-0.15, -0.1) is 12.4 Å². The van der Waals surface area contributed by atoms with E-state index in [-0.39, 0.29) is 47.6 Å². The van der Waals surface area contributed by atoms with Gasteiger partial charge < -0.3 is 29.9 Å². The van der Waals surface area contributed by atoms with Gasteiger partial charge >= 0.3 is 0 Å². The van der Waals surface area contributed by atoms with Crippen LogP contribution in [0.5, 0.6) is 11.5 Å². The predicted octanol–water partition coefficient (Wildman–Crippen LogP) is 4.25. The van der Waals surface area contributed by atoms with Gasteiger partial charge in [-0.3, -0.25) is 4.79 Å². The maximum Gasteiger partial charge on any atom is 0.254 e. The van der Waals surface area contributed by atoms with Gasteiger partial charge in [0.15, 0.2) is 23.1 Å². The molecule has 2 aromatic rings. The normalized spacial score (nSPS) is 24.1. The van der Waals surface area contributed by atoms with E-state index < -0.39 is 5.82 Å². The van der Waals surface area contributed by atoms with E-state index in [0.29, 0.717) is 29.8 Å². The second-order valence-corrected chi connectivity index (χ2v) is 12.4. The quantitative estimate of drug-likeness (QED) is 0.489. The summed E-state index contributed by atoms with van der Waals surface area (Å²) in [6.07, 6.45) is 9.75. The lowest BCUT2D eigenvalue weighted by atomic mass is 9.72. The Hall–Kier alpha value is -2.53. The molecule has 4 heterocycles. The number of likely N-dealkylation sites (tertiary alicyclic amines) is 1. The molecular formula is C30H42ClFN6O3. The van der Waals surface area contributed by atoms with Crippen LogP contribution < -0.4 is 15.4 Å². The first-order valence-corrected chi connectivity index (χ1v) is 14.7. The number of nitrogens with two attached hydrogens (primary N) is 1. The molecule has 0 unspecified atom stereocenters. The molecule has 1 amide bonds. The summed E-state index contributed by atoms with van der Waals surface area (Å²) >= 11 is 0. The number of carbonyl (C=O) groups excluding carboxylic acids is 1. The van der Waals surface area contributed by atoms with E-state index in [1.165, 1.54) is 18.5 Å². The van der Waals surface area contributed by atoms with Crippen molar-refractivity contribution in [2.75, 3.05) is 44.2 Å². The first-order valence-electron chi connectivity index (χ1n) is 14.7. The van der Waals surface area contributed by atoms with Gasteiger partial charge in [-0.1, -0.05) is 0 Å². The number of hydrogen-bond acceptors (Lipinski definition) is 8. The van der Waals surface area contributed by atoms with Gasteiger partial charge in [-0.2, -0.15) is 0 Å². The fourth-order valence-electron chi connectivity index (χ4n) is 6.48. The Bertz CT molecular complexity index is 1200. The molecule has 224 valence electrons. The number of ether oxygens (including phenoxy) is 2. The molecule has 0 bridgehead atoms. The van der Waals surface area contributed by atoms with Crippen molar-refractivity contribution in [3.8, 4) is 11.5 Å². The molecule has 1 aliphatic carbocycles. The lowest BCUT2D eigenvalue weighted by Gasteiger charge is -2.54. The molecule has 4 aliphatic rings. The number of halogens is 2. The third kappa shape index (κ3) is 6.61. The number of nitrogens with zero attached hydrogens (tertiary/aromatic N) is 5. The third-order valence-electron chi connectivity index (χ3n) is 8.92. The Morgan fingerprint density at radius 1 is 1.20 bits per heavy atom. The molecule has 4 fully saturated rings. The highest BCUT2D eigenvalue weighted by Crippen LogP contribution is 2.45. The van der Waals surface area contributed by atoms with Gasteiger partial charge in [0.1, 0.15) is 6.33 Å². The fraction of sp³-hybridized carbons (Fsp3) is 0.633. The summed E-state index contributed by atoms with van der Waals surface area (Å²) in [6.45, 7) is 9.57. The SMILES string of the molecule is CC(C)N(C(=O)c1ccc(Oc2cncnc2N2CC3(CCN(C[C@@H]4CC[C@@H](N)CO4)CC3)C2)c(F)c1)C1CC1.Cl. The Morgan fingerprint density at radius 3 is 2.59 bits per heavy atom. The van der Waals surface area contributed by atoms with Gasteiger partial charge in [-0.25, -0.2) is 14.4 Å².